The minimum absolute atomic E-state index is 0.267. The van der Waals surface area contributed by atoms with Crippen molar-refractivity contribution in [2.24, 2.45) is 5.73 Å². The van der Waals surface area contributed by atoms with Crippen LogP contribution >= 0.6 is 15.9 Å². The summed E-state index contributed by atoms with van der Waals surface area (Å²) < 4.78 is 1.08. The molecular formula is C14H21BrN2O. The molecule has 0 spiro atoms. The molecule has 1 unspecified atom stereocenters. The molecule has 1 aliphatic heterocycles. The van der Waals surface area contributed by atoms with Gasteiger partial charge in [-0.05, 0) is 43.4 Å². The van der Waals surface area contributed by atoms with Crippen molar-refractivity contribution in [3.63, 3.8) is 0 Å². The number of halogens is 1. The lowest BCUT2D eigenvalue weighted by atomic mass is 9.98. The molecule has 1 atom stereocenters. The topological polar surface area (TPSA) is 49.5 Å². The van der Waals surface area contributed by atoms with Crippen LogP contribution < -0.4 is 10.6 Å². The van der Waals surface area contributed by atoms with Crippen molar-refractivity contribution in [2.75, 3.05) is 18.1 Å². The van der Waals surface area contributed by atoms with Gasteiger partial charge in [-0.2, -0.15) is 0 Å². The largest absolute Gasteiger partial charge is 0.396 e. The number of hydrogen-bond acceptors (Lipinski definition) is 3. The molecule has 0 amide bonds. The van der Waals surface area contributed by atoms with Gasteiger partial charge in [0.2, 0.25) is 0 Å². The van der Waals surface area contributed by atoms with E-state index in [1.807, 2.05) is 0 Å². The van der Waals surface area contributed by atoms with Crippen molar-refractivity contribution in [3.05, 3.63) is 28.2 Å². The molecule has 1 heterocycles. The maximum absolute atomic E-state index is 9.17. The van der Waals surface area contributed by atoms with Crippen molar-refractivity contribution >= 4 is 21.6 Å². The van der Waals surface area contributed by atoms with Crippen LogP contribution in [0.3, 0.4) is 0 Å². The van der Waals surface area contributed by atoms with Crippen molar-refractivity contribution in [1.29, 1.82) is 0 Å². The number of aliphatic hydroxyl groups excluding tert-OH is 1. The number of benzene rings is 1. The zero-order valence-corrected chi connectivity index (χ0v) is 12.2. The smallest absolute Gasteiger partial charge is 0.0450 e. The second kappa shape index (κ2) is 6.55. The number of nitrogens with zero attached hydrogens (tertiary/aromatic N) is 1. The molecule has 2 rings (SSSR count). The number of rotatable bonds is 4. The zero-order valence-electron chi connectivity index (χ0n) is 10.6. The van der Waals surface area contributed by atoms with E-state index in [1.54, 1.807) is 0 Å². The highest BCUT2D eigenvalue weighted by Crippen LogP contribution is 2.30. The highest BCUT2D eigenvalue weighted by Gasteiger charge is 2.22. The maximum Gasteiger partial charge on any atom is 0.0450 e. The Morgan fingerprint density at radius 3 is 2.89 bits per heavy atom. The van der Waals surface area contributed by atoms with Crippen LogP contribution in [-0.2, 0) is 6.54 Å². The van der Waals surface area contributed by atoms with Gasteiger partial charge in [-0.25, -0.2) is 0 Å². The van der Waals surface area contributed by atoms with E-state index < -0.39 is 0 Å². The molecular weight excluding hydrogens is 292 g/mol. The number of piperidine rings is 1. The molecule has 0 bridgehead atoms. The van der Waals surface area contributed by atoms with E-state index in [0.717, 1.165) is 23.0 Å². The number of aliphatic hydroxyl groups is 1. The molecule has 1 aliphatic rings. The van der Waals surface area contributed by atoms with E-state index in [0.29, 0.717) is 12.6 Å². The van der Waals surface area contributed by atoms with Crippen LogP contribution in [0.15, 0.2) is 22.7 Å². The zero-order chi connectivity index (χ0) is 13.0. The van der Waals surface area contributed by atoms with Gasteiger partial charge in [0, 0.05) is 35.9 Å². The fourth-order valence-electron chi connectivity index (χ4n) is 2.67. The number of anilines is 1. The third-order valence-electron chi connectivity index (χ3n) is 3.68. The van der Waals surface area contributed by atoms with Crippen LogP contribution in [0.1, 0.15) is 31.2 Å². The van der Waals surface area contributed by atoms with E-state index in [4.69, 9.17) is 10.8 Å². The summed E-state index contributed by atoms with van der Waals surface area (Å²) in [5.41, 5.74) is 8.04. The Balaban J connectivity index is 2.19. The standard InChI is InChI=1S/C14H21BrN2O/c15-14-9-13(5-4-11(14)10-16)17-7-2-1-3-12(17)6-8-18/h4-5,9,12,18H,1-3,6-8,10,16H2. The predicted octanol–water partition coefficient (Wildman–Crippen LogP) is 2.65. The van der Waals surface area contributed by atoms with Crippen molar-refractivity contribution in [3.8, 4) is 0 Å². The molecule has 1 aromatic carbocycles. The van der Waals surface area contributed by atoms with Crippen LogP contribution in [0.25, 0.3) is 0 Å². The van der Waals surface area contributed by atoms with Gasteiger partial charge in [-0.3, -0.25) is 0 Å². The molecule has 0 saturated carbocycles. The summed E-state index contributed by atoms with van der Waals surface area (Å²) in [4.78, 5) is 2.42. The third kappa shape index (κ3) is 3.05. The molecule has 3 nitrogen and oxygen atoms in total. The fourth-order valence-corrected chi connectivity index (χ4v) is 3.20. The summed E-state index contributed by atoms with van der Waals surface area (Å²) in [7, 11) is 0. The first-order valence-electron chi connectivity index (χ1n) is 6.62. The Kier molecular flexibility index (Phi) is 5.03. The fraction of sp³-hybridized carbons (Fsp3) is 0.571. The molecule has 0 aromatic heterocycles. The maximum atomic E-state index is 9.17. The van der Waals surface area contributed by atoms with Crippen LogP contribution in [0.5, 0.6) is 0 Å². The van der Waals surface area contributed by atoms with Gasteiger partial charge in [0.05, 0.1) is 0 Å². The van der Waals surface area contributed by atoms with Crippen molar-refractivity contribution in [2.45, 2.75) is 38.3 Å². The Morgan fingerprint density at radius 1 is 1.39 bits per heavy atom. The average molecular weight is 313 g/mol. The summed E-state index contributed by atoms with van der Waals surface area (Å²) in [5, 5.41) is 9.17. The summed E-state index contributed by atoms with van der Waals surface area (Å²) in [6.45, 7) is 1.91. The van der Waals surface area contributed by atoms with E-state index >= 15 is 0 Å². The monoisotopic (exact) mass is 312 g/mol. The lowest BCUT2D eigenvalue weighted by Crippen LogP contribution is -2.40. The molecule has 0 radical (unpaired) electrons. The molecule has 18 heavy (non-hydrogen) atoms. The van der Waals surface area contributed by atoms with Gasteiger partial charge in [0.15, 0.2) is 0 Å². The van der Waals surface area contributed by atoms with Gasteiger partial charge < -0.3 is 15.7 Å². The quantitative estimate of drug-likeness (QED) is 0.898. The van der Waals surface area contributed by atoms with Crippen LogP contribution in [0, 0.1) is 0 Å². The lowest BCUT2D eigenvalue weighted by Gasteiger charge is -2.37. The van der Waals surface area contributed by atoms with Crippen molar-refractivity contribution < 1.29 is 5.11 Å². The Labute approximate surface area is 117 Å². The molecule has 1 saturated heterocycles. The van der Waals surface area contributed by atoms with Gasteiger partial charge in [0.25, 0.3) is 0 Å². The first kappa shape index (κ1) is 13.8. The summed E-state index contributed by atoms with van der Waals surface area (Å²) in [6, 6.07) is 6.85. The normalized spacial score (nSPS) is 20.2. The second-order valence-corrected chi connectivity index (χ2v) is 5.69. The molecule has 3 N–H and O–H groups in total. The van der Waals surface area contributed by atoms with E-state index in [1.165, 1.54) is 24.9 Å². The van der Waals surface area contributed by atoms with Crippen molar-refractivity contribution in [1.82, 2.24) is 0 Å². The highest BCUT2D eigenvalue weighted by molar-refractivity contribution is 9.10. The Bertz CT molecular complexity index is 395. The highest BCUT2D eigenvalue weighted by atomic mass is 79.9. The molecule has 100 valence electrons. The van der Waals surface area contributed by atoms with Crippen LogP contribution in [-0.4, -0.2) is 24.3 Å². The van der Waals surface area contributed by atoms with Crippen LogP contribution in [0.4, 0.5) is 5.69 Å². The Morgan fingerprint density at radius 2 is 2.22 bits per heavy atom. The van der Waals surface area contributed by atoms with Crippen LogP contribution in [0.2, 0.25) is 0 Å². The third-order valence-corrected chi connectivity index (χ3v) is 4.42. The number of nitrogens with two attached hydrogens (primary N) is 1. The summed E-state index contributed by atoms with van der Waals surface area (Å²) >= 11 is 3.58. The Hall–Kier alpha value is -0.580. The minimum Gasteiger partial charge on any atom is -0.396 e. The SMILES string of the molecule is NCc1ccc(N2CCCCC2CCO)cc1Br. The first-order valence-corrected chi connectivity index (χ1v) is 7.41. The molecule has 4 heteroatoms. The lowest BCUT2D eigenvalue weighted by molar-refractivity contribution is 0.262. The molecule has 1 fully saturated rings. The van der Waals surface area contributed by atoms with E-state index in [-0.39, 0.29) is 6.61 Å². The molecule has 1 aromatic rings. The predicted molar refractivity (Wildman–Crippen MR) is 78.7 cm³/mol. The van der Waals surface area contributed by atoms with E-state index in [9.17, 15) is 0 Å². The van der Waals surface area contributed by atoms with E-state index in [2.05, 4.69) is 39.0 Å². The number of hydrogen-bond donors (Lipinski definition) is 2. The van der Waals surface area contributed by atoms with Gasteiger partial charge in [-0.1, -0.05) is 22.0 Å². The summed E-state index contributed by atoms with van der Waals surface area (Å²) in [6.07, 6.45) is 4.54. The second-order valence-electron chi connectivity index (χ2n) is 4.84. The average Bonchev–Trinajstić information content (AvgIpc) is 2.40. The van der Waals surface area contributed by atoms with Gasteiger partial charge in [-0.15, -0.1) is 0 Å². The minimum atomic E-state index is 0.267. The first-order chi connectivity index (χ1) is 8.76. The van der Waals surface area contributed by atoms with Gasteiger partial charge >= 0.3 is 0 Å². The summed E-state index contributed by atoms with van der Waals surface area (Å²) in [5.74, 6) is 0. The molecule has 0 aliphatic carbocycles. The van der Waals surface area contributed by atoms with Gasteiger partial charge in [0.1, 0.15) is 0 Å².